The second kappa shape index (κ2) is 9.78. The first kappa shape index (κ1) is 21.9. The lowest BCUT2D eigenvalue weighted by atomic mass is 10.1. The summed E-state index contributed by atoms with van der Waals surface area (Å²) in [4.78, 5) is 25.7. The molecule has 3 aromatic rings. The smallest absolute Gasteiger partial charge is 0.255 e. The van der Waals surface area contributed by atoms with Crippen LogP contribution in [0.2, 0.25) is 5.02 Å². The van der Waals surface area contributed by atoms with Crippen LogP contribution in [0.1, 0.15) is 22.8 Å². The van der Waals surface area contributed by atoms with E-state index in [1.165, 1.54) is 30.0 Å². The molecule has 0 aliphatic heterocycles. The topological polar surface area (TPSA) is 58.2 Å². The largest absolute Gasteiger partial charge is 0.325 e. The van der Waals surface area contributed by atoms with Gasteiger partial charge in [-0.05, 0) is 67.9 Å². The molecule has 0 bridgehead atoms. The lowest BCUT2D eigenvalue weighted by Crippen LogP contribution is -2.22. The molecule has 0 aliphatic rings. The van der Waals surface area contributed by atoms with Crippen LogP contribution >= 0.6 is 23.4 Å². The number of rotatable bonds is 6. The molecular formula is C23H20ClFN2O2S. The number of benzene rings is 3. The highest BCUT2D eigenvalue weighted by Crippen LogP contribution is 2.26. The Morgan fingerprint density at radius 3 is 2.30 bits per heavy atom. The summed E-state index contributed by atoms with van der Waals surface area (Å²) in [5.74, 6) is -0.925. The maximum absolute atomic E-state index is 13.2. The number of carbonyl (C=O) groups excluding carboxylic acids is 2. The summed E-state index contributed by atoms with van der Waals surface area (Å²) >= 11 is 7.12. The summed E-state index contributed by atoms with van der Waals surface area (Å²) < 4.78 is 13.2. The van der Waals surface area contributed by atoms with Gasteiger partial charge in [0.25, 0.3) is 5.91 Å². The van der Waals surface area contributed by atoms with Crippen LogP contribution in [-0.4, -0.2) is 17.1 Å². The van der Waals surface area contributed by atoms with Gasteiger partial charge in [-0.15, -0.1) is 11.8 Å². The van der Waals surface area contributed by atoms with Gasteiger partial charge in [0.2, 0.25) is 5.91 Å². The number of halogens is 2. The van der Waals surface area contributed by atoms with E-state index in [9.17, 15) is 14.0 Å². The predicted molar refractivity (Wildman–Crippen MR) is 121 cm³/mol. The number of nitrogens with one attached hydrogen (secondary N) is 2. The minimum Gasteiger partial charge on any atom is -0.325 e. The Hall–Kier alpha value is -2.83. The van der Waals surface area contributed by atoms with E-state index in [1.54, 1.807) is 25.1 Å². The molecule has 4 nitrogen and oxygen atoms in total. The number of hydrogen-bond acceptors (Lipinski definition) is 3. The monoisotopic (exact) mass is 442 g/mol. The van der Waals surface area contributed by atoms with Crippen molar-refractivity contribution in [2.24, 2.45) is 0 Å². The summed E-state index contributed by atoms with van der Waals surface area (Å²) in [6, 6.07) is 18.7. The highest BCUT2D eigenvalue weighted by molar-refractivity contribution is 8.00. The van der Waals surface area contributed by atoms with Crippen LogP contribution in [-0.2, 0) is 4.79 Å². The van der Waals surface area contributed by atoms with E-state index in [4.69, 9.17) is 11.6 Å². The molecule has 0 aliphatic carbocycles. The average Bonchev–Trinajstić information content (AvgIpc) is 2.72. The van der Waals surface area contributed by atoms with Gasteiger partial charge in [0.15, 0.2) is 0 Å². The van der Waals surface area contributed by atoms with E-state index in [0.29, 0.717) is 16.9 Å². The van der Waals surface area contributed by atoms with Crippen molar-refractivity contribution < 1.29 is 14.0 Å². The van der Waals surface area contributed by atoms with Crippen molar-refractivity contribution in [3.63, 3.8) is 0 Å². The SMILES string of the molecule is Cc1ccccc1C(=O)Nc1ccc(SC(C)C(=O)Nc2ccc(F)c(Cl)c2)cc1. The van der Waals surface area contributed by atoms with E-state index in [2.05, 4.69) is 10.6 Å². The zero-order chi connectivity index (χ0) is 21.7. The molecule has 30 heavy (non-hydrogen) atoms. The van der Waals surface area contributed by atoms with E-state index in [1.807, 2.05) is 37.3 Å². The van der Waals surface area contributed by atoms with E-state index in [-0.39, 0.29) is 22.1 Å². The third-order valence-corrected chi connectivity index (χ3v) is 5.77. The molecular weight excluding hydrogens is 423 g/mol. The van der Waals surface area contributed by atoms with Crippen molar-refractivity contribution in [2.75, 3.05) is 10.6 Å². The summed E-state index contributed by atoms with van der Waals surface area (Å²) in [7, 11) is 0. The maximum atomic E-state index is 13.2. The average molecular weight is 443 g/mol. The molecule has 1 unspecified atom stereocenters. The Bertz CT molecular complexity index is 1070. The van der Waals surface area contributed by atoms with Crippen LogP contribution < -0.4 is 10.6 Å². The Morgan fingerprint density at radius 2 is 1.63 bits per heavy atom. The van der Waals surface area contributed by atoms with Gasteiger partial charge >= 0.3 is 0 Å². The fraction of sp³-hybridized carbons (Fsp3) is 0.130. The quantitative estimate of drug-likeness (QED) is 0.449. The molecule has 0 aromatic heterocycles. The predicted octanol–water partition coefficient (Wildman–Crippen LogP) is 6.16. The molecule has 0 spiro atoms. The van der Waals surface area contributed by atoms with Gasteiger partial charge < -0.3 is 10.6 Å². The van der Waals surface area contributed by atoms with Crippen molar-refractivity contribution in [3.05, 3.63) is 88.7 Å². The van der Waals surface area contributed by atoms with Crippen LogP contribution in [0.3, 0.4) is 0 Å². The van der Waals surface area contributed by atoms with Gasteiger partial charge in [-0.2, -0.15) is 0 Å². The lowest BCUT2D eigenvalue weighted by Gasteiger charge is -2.13. The van der Waals surface area contributed by atoms with Gasteiger partial charge in [-0.25, -0.2) is 4.39 Å². The third kappa shape index (κ3) is 5.62. The summed E-state index contributed by atoms with van der Waals surface area (Å²) in [5, 5.41) is 5.16. The van der Waals surface area contributed by atoms with E-state index in [0.717, 1.165) is 10.5 Å². The zero-order valence-corrected chi connectivity index (χ0v) is 18.0. The van der Waals surface area contributed by atoms with Crippen LogP contribution in [0.5, 0.6) is 0 Å². The summed E-state index contributed by atoms with van der Waals surface area (Å²) in [6.45, 7) is 3.67. The van der Waals surface area contributed by atoms with Crippen molar-refractivity contribution in [1.29, 1.82) is 0 Å². The highest BCUT2D eigenvalue weighted by Gasteiger charge is 2.15. The van der Waals surface area contributed by atoms with Crippen molar-refractivity contribution in [2.45, 2.75) is 24.0 Å². The Morgan fingerprint density at radius 1 is 0.967 bits per heavy atom. The first-order valence-corrected chi connectivity index (χ1v) is 10.5. The number of aryl methyl sites for hydroxylation is 1. The minimum absolute atomic E-state index is 0.0450. The molecule has 154 valence electrons. The molecule has 3 rings (SSSR count). The number of anilines is 2. The van der Waals surface area contributed by atoms with Crippen LogP contribution in [0, 0.1) is 12.7 Å². The van der Waals surface area contributed by atoms with Gasteiger partial charge in [-0.1, -0.05) is 29.8 Å². The standard InChI is InChI=1S/C23H20ClFN2O2S/c1-14-5-3-4-6-19(14)23(29)26-16-7-10-18(11-8-16)30-15(2)22(28)27-17-9-12-21(25)20(24)13-17/h3-13,15H,1-2H3,(H,26,29)(H,27,28). The molecule has 1 atom stereocenters. The van der Waals surface area contributed by atoms with Crippen molar-refractivity contribution >= 4 is 46.6 Å². The lowest BCUT2D eigenvalue weighted by molar-refractivity contribution is -0.115. The maximum Gasteiger partial charge on any atom is 0.255 e. The van der Waals surface area contributed by atoms with Crippen LogP contribution in [0.15, 0.2) is 71.6 Å². The first-order valence-electron chi connectivity index (χ1n) is 9.23. The molecule has 0 radical (unpaired) electrons. The van der Waals surface area contributed by atoms with Gasteiger partial charge in [0.05, 0.1) is 10.3 Å². The molecule has 0 heterocycles. The molecule has 2 amide bonds. The second-order valence-electron chi connectivity index (χ2n) is 6.67. The third-order valence-electron chi connectivity index (χ3n) is 4.37. The summed E-state index contributed by atoms with van der Waals surface area (Å²) in [6.07, 6.45) is 0. The fourth-order valence-electron chi connectivity index (χ4n) is 2.72. The van der Waals surface area contributed by atoms with E-state index >= 15 is 0 Å². The number of thioether (sulfide) groups is 1. The molecule has 0 saturated heterocycles. The van der Waals surface area contributed by atoms with Crippen molar-refractivity contribution in [3.8, 4) is 0 Å². The van der Waals surface area contributed by atoms with Crippen molar-refractivity contribution in [1.82, 2.24) is 0 Å². The Kier molecular flexibility index (Phi) is 7.13. The van der Waals surface area contributed by atoms with Gasteiger partial charge in [0.1, 0.15) is 5.82 Å². The van der Waals surface area contributed by atoms with Gasteiger partial charge in [0, 0.05) is 21.8 Å². The second-order valence-corrected chi connectivity index (χ2v) is 8.49. The normalized spacial score (nSPS) is 11.6. The fourth-order valence-corrected chi connectivity index (χ4v) is 3.77. The van der Waals surface area contributed by atoms with Crippen LogP contribution in [0.25, 0.3) is 0 Å². The number of carbonyl (C=O) groups is 2. The Balaban J connectivity index is 1.58. The molecule has 0 fully saturated rings. The Labute approximate surface area is 183 Å². The minimum atomic E-state index is -0.535. The molecule has 3 aromatic carbocycles. The van der Waals surface area contributed by atoms with Gasteiger partial charge in [-0.3, -0.25) is 9.59 Å². The van der Waals surface area contributed by atoms with E-state index < -0.39 is 5.82 Å². The first-order chi connectivity index (χ1) is 14.3. The number of hydrogen-bond donors (Lipinski definition) is 2. The zero-order valence-electron chi connectivity index (χ0n) is 16.4. The molecule has 2 N–H and O–H groups in total. The number of amides is 2. The molecule has 0 saturated carbocycles. The van der Waals surface area contributed by atoms with Crippen LogP contribution in [0.4, 0.5) is 15.8 Å². The highest BCUT2D eigenvalue weighted by atomic mass is 35.5. The molecule has 7 heteroatoms. The summed E-state index contributed by atoms with van der Waals surface area (Å²) in [5.41, 5.74) is 2.64.